The van der Waals surface area contributed by atoms with Crippen molar-refractivity contribution in [3.63, 3.8) is 0 Å². The Kier molecular flexibility index (Phi) is 22.8. The van der Waals surface area contributed by atoms with Crippen molar-refractivity contribution in [3.05, 3.63) is 216 Å². The van der Waals surface area contributed by atoms with Gasteiger partial charge in [0.25, 0.3) is 0 Å². The van der Waals surface area contributed by atoms with E-state index in [-0.39, 0.29) is 11.4 Å². The Bertz CT molecular complexity index is 5410. The maximum Gasteiger partial charge on any atom is 0.417 e. The molecule has 36 heteroatoms. The second-order valence-electron chi connectivity index (χ2n) is 25.0. The van der Waals surface area contributed by atoms with Crippen LogP contribution in [0.2, 0.25) is 0 Å². The lowest BCUT2D eigenvalue weighted by Gasteiger charge is -2.27. The van der Waals surface area contributed by atoms with Crippen molar-refractivity contribution in [3.8, 4) is 33.4 Å². The first kappa shape index (κ1) is 77.1. The third-order valence-corrected chi connectivity index (χ3v) is 17.7. The van der Waals surface area contributed by atoms with Gasteiger partial charge in [0.2, 0.25) is 0 Å². The fraction of sp³-hybridized carbons (Fsp3) is 0.216. The molecule has 2 saturated heterocycles. The maximum absolute atomic E-state index is 15.2. The van der Waals surface area contributed by atoms with Gasteiger partial charge in [0.15, 0.2) is 0 Å². The van der Waals surface area contributed by atoms with Crippen LogP contribution in [0.4, 0.5) is 101 Å². The summed E-state index contributed by atoms with van der Waals surface area (Å²) >= 11 is 0. The summed E-state index contributed by atoms with van der Waals surface area (Å²) in [7, 11) is 5.43. The zero-order valence-corrected chi connectivity index (χ0v) is 58.0. The first-order valence-corrected chi connectivity index (χ1v) is 33.3. The molecule has 24 nitrogen and oxygen atoms in total. The molecule has 14 rings (SSSR count). The largest absolute Gasteiger partial charge is 0.478 e. The molecule has 0 unspecified atom stereocenters. The van der Waals surface area contributed by atoms with Gasteiger partial charge in [0.05, 0.1) is 131 Å². The first-order valence-electron chi connectivity index (χ1n) is 33.3. The molecule has 2 aliphatic heterocycles. The molecule has 12 aromatic rings. The molecule has 6 aromatic heterocycles. The monoisotopic (exact) mass is 1530 g/mol. The molecule has 570 valence electrons. The van der Waals surface area contributed by atoms with Crippen LogP contribution in [0.25, 0.3) is 66.1 Å². The maximum atomic E-state index is 15.2. The summed E-state index contributed by atoms with van der Waals surface area (Å²) in [4.78, 5) is 66.1. The number of rotatable bonds is 14. The van der Waals surface area contributed by atoms with E-state index >= 15 is 4.39 Å². The minimum Gasteiger partial charge on any atom is -0.478 e. The Hall–Kier alpha value is -12.5. The van der Waals surface area contributed by atoms with Gasteiger partial charge < -0.3 is 46.5 Å². The average Bonchev–Trinajstić information content (AvgIpc) is 1.57. The fourth-order valence-electron chi connectivity index (χ4n) is 12.1. The van der Waals surface area contributed by atoms with E-state index in [9.17, 15) is 67.5 Å². The van der Waals surface area contributed by atoms with Crippen LogP contribution in [0.3, 0.4) is 0 Å². The van der Waals surface area contributed by atoms with Gasteiger partial charge in [-0.3, -0.25) is 38.8 Å². The molecule has 0 saturated carbocycles. The van der Waals surface area contributed by atoms with E-state index in [1.807, 2.05) is 31.5 Å². The van der Waals surface area contributed by atoms with Gasteiger partial charge >= 0.3 is 42.6 Å². The van der Waals surface area contributed by atoms with Crippen LogP contribution in [0.1, 0.15) is 38.4 Å². The third-order valence-electron chi connectivity index (χ3n) is 17.7. The van der Waals surface area contributed by atoms with E-state index in [4.69, 9.17) is 19.6 Å². The number of hydrogen-bond donors (Lipinski definition) is 7. The molecule has 0 atom stereocenters. The number of ether oxygens (including phenoxy) is 2. The number of carbonyl (C=O) groups excluding carboxylic acids is 3. The number of halogens is 12. The van der Waals surface area contributed by atoms with Gasteiger partial charge in [0, 0.05) is 117 Å². The standard InChI is InChI=1S/C26H23F5N6O2.C26H24F4N6O2.C22H16F3N5O3/c1-36-23-13-32-22(14-37-6-8-39-9-7-37)24(17(23)12-33-36)15-2-5-20(19(28)10-15)34-25(38)35-21-11-16(26(29,30)31)3-4-18(21)27;1-35-23-14-31-22(15-36-8-10-38-11-9-36)24(19(23)13-32-35)16-2-5-18(6-3-16)33-25(37)34-21-12-17(26(28,29)30)4-7-20(21)27;1-30-19-11-26-9-16(17(19)10-27-30)12-2-4-13(5-3-12)28-21(33)29-14-6-7-15(20(31)32)18(8-14)22(23,24)25/h2-5,10-13H,6-9,14H2,1H3,(H2,34,35,38);2-7,12-14H,8-11,15H2,1H3,(H2,33,34,37);2-11H,1H3,(H,31,32)(H2,28,29,33). The highest BCUT2D eigenvalue weighted by molar-refractivity contribution is 6.04. The van der Waals surface area contributed by atoms with Crippen LogP contribution in [-0.2, 0) is 62.2 Å². The van der Waals surface area contributed by atoms with E-state index in [2.05, 4.69) is 61.6 Å². The zero-order chi connectivity index (χ0) is 78.3. The molecular formula is C74H63F12N17O7. The van der Waals surface area contributed by atoms with Crippen LogP contribution in [-0.4, -0.2) is 136 Å². The molecule has 8 heterocycles. The van der Waals surface area contributed by atoms with Crippen LogP contribution in [0, 0.1) is 17.5 Å². The number of benzene rings is 6. The smallest absolute Gasteiger partial charge is 0.417 e. The predicted octanol–water partition coefficient (Wildman–Crippen LogP) is 15.7. The molecular weight excluding hydrogens is 1470 g/mol. The van der Waals surface area contributed by atoms with Crippen LogP contribution in [0.15, 0.2) is 165 Å². The number of carboxylic acids is 1. The number of hydrogen-bond acceptors (Lipinski definition) is 14. The number of fused-ring (bicyclic) bond motifs is 3. The van der Waals surface area contributed by atoms with Gasteiger partial charge in [-0.15, -0.1) is 0 Å². The van der Waals surface area contributed by atoms with Gasteiger partial charge in [0.1, 0.15) is 17.5 Å². The molecule has 2 fully saturated rings. The number of carbonyl (C=O) groups is 4. The molecule has 2 aliphatic rings. The van der Waals surface area contributed by atoms with E-state index in [1.54, 1.807) is 107 Å². The van der Waals surface area contributed by atoms with Crippen molar-refractivity contribution in [2.24, 2.45) is 21.1 Å². The number of aromatic carboxylic acids is 1. The Morgan fingerprint density at radius 3 is 1.32 bits per heavy atom. The van der Waals surface area contributed by atoms with Crippen molar-refractivity contribution in [2.75, 3.05) is 84.5 Å². The number of carboxylic acid groups (broad SMARTS) is 1. The molecule has 0 bridgehead atoms. The fourth-order valence-corrected chi connectivity index (χ4v) is 12.1. The average molecular weight is 1530 g/mol. The summed E-state index contributed by atoms with van der Waals surface area (Å²) in [6.07, 6.45) is -2.15. The normalized spacial score (nSPS) is 13.6. The number of pyridine rings is 3. The van der Waals surface area contributed by atoms with E-state index in [0.29, 0.717) is 104 Å². The van der Waals surface area contributed by atoms with Crippen molar-refractivity contribution < 1.29 is 86.4 Å². The second kappa shape index (κ2) is 32.5. The molecule has 0 radical (unpaired) electrons. The van der Waals surface area contributed by atoms with Gasteiger partial charge in [-0.1, -0.05) is 30.3 Å². The predicted molar refractivity (Wildman–Crippen MR) is 383 cm³/mol. The minimum atomic E-state index is -4.89. The number of alkyl halides is 9. The minimum absolute atomic E-state index is 0.198. The number of morpholine rings is 2. The van der Waals surface area contributed by atoms with Crippen LogP contribution in [0.5, 0.6) is 0 Å². The summed E-state index contributed by atoms with van der Waals surface area (Å²) in [5.41, 5.74) is 3.35. The number of amides is 6. The van der Waals surface area contributed by atoms with Gasteiger partial charge in [-0.2, -0.15) is 54.8 Å². The highest BCUT2D eigenvalue weighted by Gasteiger charge is 2.37. The Morgan fingerprint density at radius 1 is 0.427 bits per heavy atom. The highest BCUT2D eigenvalue weighted by atomic mass is 19.4. The first-order chi connectivity index (χ1) is 52.4. The summed E-state index contributed by atoms with van der Waals surface area (Å²) in [6, 6.07) is 21.0. The van der Waals surface area contributed by atoms with Crippen molar-refractivity contribution in [2.45, 2.75) is 31.6 Å². The summed E-state index contributed by atoms with van der Waals surface area (Å²) in [6.45, 7) is 6.74. The lowest BCUT2D eigenvalue weighted by molar-refractivity contribution is -0.138. The second-order valence-corrected chi connectivity index (χ2v) is 25.0. The summed E-state index contributed by atoms with van der Waals surface area (Å²) in [5.74, 6) is -4.56. The summed E-state index contributed by atoms with van der Waals surface area (Å²) in [5, 5.41) is 38.1. The number of urea groups is 3. The third kappa shape index (κ3) is 18.2. The van der Waals surface area contributed by atoms with Crippen molar-refractivity contribution in [1.29, 1.82) is 0 Å². The quantitative estimate of drug-likeness (QED) is 0.0499. The highest BCUT2D eigenvalue weighted by Crippen LogP contribution is 2.39. The molecule has 0 aliphatic carbocycles. The van der Waals surface area contributed by atoms with E-state index < -0.39 is 93.7 Å². The lowest BCUT2D eigenvalue weighted by atomic mass is 9.99. The molecule has 7 N–H and O–H groups in total. The van der Waals surface area contributed by atoms with Crippen LogP contribution < -0.4 is 31.9 Å². The van der Waals surface area contributed by atoms with Crippen LogP contribution >= 0.6 is 0 Å². The zero-order valence-electron chi connectivity index (χ0n) is 58.0. The van der Waals surface area contributed by atoms with Crippen molar-refractivity contribution in [1.82, 2.24) is 54.1 Å². The number of aryl methyl sites for hydroxylation is 3. The number of nitrogens with one attached hydrogen (secondary N) is 6. The molecule has 6 amide bonds. The Balaban J connectivity index is 0.000000154. The number of nitrogens with zero attached hydrogens (tertiary/aromatic N) is 11. The van der Waals surface area contributed by atoms with Crippen molar-refractivity contribution >= 4 is 90.9 Å². The summed E-state index contributed by atoms with van der Waals surface area (Å²) < 4.78 is 176. The van der Waals surface area contributed by atoms with Gasteiger partial charge in [-0.05, 0) is 108 Å². The topological polar surface area (TPSA) is 278 Å². The van der Waals surface area contributed by atoms with E-state index in [0.717, 1.165) is 105 Å². The van der Waals surface area contributed by atoms with E-state index in [1.165, 1.54) is 12.1 Å². The SMILES string of the molecule is Cn1ncc2c(-c3ccc(NC(=O)Nc4cc(C(F)(F)F)ccc4F)c(F)c3)c(CN3CCOCC3)ncc21.Cn1ncc2c(-c3ccc(NC(=O)Nc4cc(C(F)(F)F)ccc4F)cc3)c(CN3CCOCC3)ncc21.Cn1ncc2c(-c3ccc(NC(=O)Nc4ccc(C(=O)O)c(C(F)(F)F)c4)cc3)cncc21. The lowest BCUT2D eigenvalue weighted by Crippen LogP contribution is -2.36. The molecule has 0 spiro atoms. The Labute approximate surface area is 615 Å². The molecule has 6 aromatic carbocycles. The number of aromatic nitrogens is 9. The molecule has 110 heavy (non-hydrogen) atoms. The number of anilines is 6. The Morgan fingerprint density at radius 2 is 0.845 bits per heavy atom. The van der Waals surface area contributed by atoms with Gasteiger partial charge in [-0.25, -0.2) is 32.3 Å².